The van der Waals surface area contributed by atoms with Gasteiger partial charge in [-0.25, -0.2) is 0 Å². The maximum absolute atomic E-state index is 13.1. The van der Waals surface area contributed by atoms with Crippen LogP contribution in [0.3, 0.4) is 0 Å². The molecule has 1 aromatic rings. The number of halogens is 5. The Bertz CT molecular complexity index is 523. The Balaban J connectivity index is 3.37. The molecule has 1 rings (SSSR count). The molecule has 112 valence electrons. The maximum atomic E-state index is 13.1. The minimum atomic E-state index is -5.95. The molecule has 0 spiro atoms. The number of ketones is 1. The van der Waals surface area contributed by atoms with Gasteiger partial charge in [0.25, 0.3) is 0 Å². The van der Waals surface area contributed by atoms with Crippen LogP contribution in [0.5, 0.6) is 11.5 Å². The molecule has 0 radical (unpaired) electrons. The summed E-state index contributed by atoms with van der Waals surface area (Å²) in [4.78, 5) is 11.4. The van der Waals surface area contributed by atoms with E-state index >= 15 is 0 Å². The van der Waals surface area contributed by atoms with Crippen LogP contribution in [-0.2, 0) is 0 Å². The van der Waals surface area contributed by atoms with Gasteiger partial charge < -0.3 is 9.47 Å². The highest BCUT2D eigenvalue weighted by atomic mass is 19.4. The molecule has 0 heterocycles. The van der Waals surface area contributed by atoms with Crippen molar-refractivity contribution in [1.29, 1.82) is 0 Å². The van der Waals surface area contributed by atoms with E-state index in [1.807, 2.05) is 0 Å². The predicted octanol–water partition coefficient (Wildman–Crippen LogP) is 3.39. The molecule has 0 fully saturated rings. The molecule has 20 heavy (non-hydrogen) atoms. The van der Waals surface area contributed by atoms with E-state index in [1.165, 1.54) is 21.1 Å². The summed E-state index contributed by atoms with van der Waals surface area (Å²) in [5, 5.41) is 0. The molecule has 8 heteroatoms. The first-order chi connectivity index (χ1) is 9.06. The molecule has 0 amide bonds. The number of Topliss-reactive ketones (excluding diaryl/α,β-unsaturated/α-hetero) is 1. The van der Waals surface area contributed by atoms with Gasteiger partial charge in [-0.1, -0.05) is 0 Å². The molecule has 3 nitrogen and oxygen atoms in total. The summed E-state index contributed by atoms with van der Waals surface area (Å²) in [6.07, 6.45) is -5.95. The van der Waals surface area contributed by atoms with Gasteiger partial charge in [0.05, 0.1) is 14.2 Å². The van der Waals surface area contributed by atoms with E-state index in [-0.39, 0.29) is 17.1 Å². The molecule has 0 bridgehead atoms. The summed E-state index contributed by atoms with van der Waals surface area (Å²) in [6, 6.07) is 1.95. The molecule has 0 saturated heterocycles. The number of carbonyl (C=O) groups is 1. The normalized spacial score (nSPS) is 12.2. The summed E-state index contributed by atoms with van der Waals surface area (Å²) in [6.45, 7) is 1.22. The second kappa shape index (κ2) is 5.26. The fourth-order valence-electron chi connectivity index (χ4n) is 1.52. The number of methoxy groups -OCH3 is 2. The lowest BCUT2D eigenvalue weighted by molar-refractivity contribution is -0.255. The van der Waals surface area contributed by atoms with Gasteiger partial charge in [0, 0.05) is 5.56 Å². The van der Waals surface area contributed by atoms with E-state index in [9.17, 15) is 26.7 Å². The average molecular weight is 298 g/mol. The van der Waals surface area contributed by atoms with Crippen LogP contribution in [0, 0.1) is 6.92 Å². The van der Waals surface area contributed by atoms with Gasteiger partial charge in [-0.05, 0) is 24.6 Å². The molecule has 1 aromatic carbocycles. The van der Waals surface area contributed by atoms with Crippen LogP contribution in [0.4, 0.5) is 22.0 Å². The molecule has 0 N–H and O–H groups in total. The smallest absolute Gasteiger partial charge is 0.461 e. The second-order valence-electron chi connectivity index (χ2n) is 3.92. The number of hydrogen-bond donors (Lipinski definition) is 0. The van der Waals surface area contributed by atoms with Crippen molar-refractivity contribution < 1.29 is 36.2 Å². The lowest BCUT2D eigenvalue weighted by Crippen LogP contribution is -2.44. The third-order valence-electron chi connectivity index (χ3n) is 2.62. The van der Waals surface area contributed by atoms with Crippen molar-refractivity contribution in [3.05, 3.63) is 23.3 Å². The van der Waals surface area contributed by atoms with Crippen LogP contribution in [-0.4, -0.2) is 32.1 Å². The predicted molar refractivity (Wildman–Crippen MR) is 59.6 cm³/mol. The van der Waals surface area contributed by atoms with Gasteiger partial charge >= 0.3 is 12.1 Å². The first-order valence-electron chi connectivity index (χ1n) is 5.28. The highest BCUT2D eigenvalue weighted by Crippen LogP contribution is 2.40. The minimum Gasteiger partial charge on any atom is -0.493 e. The monoisotopic (exact) mass is 298 g/mol. The Labute approximate surface area is 111 Å². The molecular weight excluding hydrogens is 287 g/mol. The zero-order valence-electron chi connectivity index (χ0n) is 10.8. The number of alkyl halides is 5. The summed E-state index contributed by atoms with van der Waals surface area (Å²) >= 11 is 0. The number of ether oxygens (including phenoxy) is 2. The second-order valence-corrected chi connectivity index (χ2v) is 3.92. The van der Waals surface area contributed by atoms with Crippen molar-refractivity contribution in [3.8, 4) is 11.5 Å². The van der Waals surface area contributed by atoms with E-state index in [1.54, 1.807) is 0 Å². The summed E-state index contributed by atoms with van der Waals surface area (Å²) in [5.41, 5.74) is -0.846. The number of carbonyl (C=O) groups excluding carboxylic acids is 1. The van der Waals surface area contributed by atoms with Crippen molar-refractivity contribution in [3.63, 3.8) is 0 Å². The molecule has 0 aliphatic carbocycles. The van der Waals surface area contributed by atoms with Crippen LogP contribution < -0.4 is 9.47 Å². The molecule has 0 saturated carbocycles. The van der Waals surface area contributed by atoms with Crippen molar-refractivity contribution >= 4 is 5.78 Å². The number of aryl methyl sites for hydroxylation is 1. The van der Waals surface area contributed by atoms with Crippen LogP contribution in [0.1, 0.15) is 15.9 Å². The standard InChI is InChI=1S/C12H11F5O3/c1-6-4-8(19-2)9(20-3)5-7(6)10(18)11(13,14)12(15,16)17/h4-5H,1-3H3. The maximum Gasteiger partial charge on any atom is 0.461 e. The Kier molecular flexibility index (Phi) is 4.26. The lowest BCUT2D eigenvalue weighted by Gasteiger charge is -2.20. The Morgan fingerprint density at radius 2 is 1.45 bits per heavy atom. The highest BCUT2D eigenvalue weighted by molar-refractivity contribution is 6.03. The summed E-state index contributed by atoms with van der Waals surface area (Å²) < 4.78 is 72.4. The quantitative estimate of drug-likeness (QED) is 0.631. The van der Waals surface area contributed by atoms with Crippen LogP contribution in [0.2, 0.25) is 0 Å². The van der Waals surface area contributed by atoms with E-state index in [4.69, 9.17) is 9.47 Å². The Morgan fingerprint density at radius 1 is 1.00 bits per heavy atom. The topological polar surface area (TPSA) is 35.5 Å². The van der Waals surface area contributed by atoms with Gasteiger partial charge in [0.1, 0.15) is 0 Å². The van der Waals surface area contributed by atoms with Gasteiger partial charge in [0.15, 0.2) is 11.5 Å². The van der Waals surface area contributed by atoms with Crippen LogP contribution in [0.25, 0.3) is 0 Å². The molecule has 0 aromatic heterocycles. The highest BCUT2D eigenvalue weighted by Gasteiger charge is 2.63. The third-order valence-corrected chi connectivity index (χ3v) is 2.62. The van der Waals surface area contributed by atoms with Gasteiger partial charge in [-0.2, -0.15) is 22.0 Å². The Hall–Kier alpha value is -1.86. The van der Waals surface area contributed by atoms with Gasteiger partial charge in [-0.3, -0.25) is 4.79 Å². The molecule has 0 aliphatic heterocycles. The fourth-order valence-corrected chi connectivity index (χ4v) is 1.52. The number of hydrogen-bond acceptors (Lipinski definition) is 3. The fraction of sp³-hybridized carbons (Fsp3) is 0.417. The van der Waals surface area contributed by atoms with Crippen molar-refractivity contribution in [2.24, 2.45) is 0 Å². The van der Waals surface area contributed by atoms with Gasteiger partial charge in [0.2, 0.25) is 5.78 Å². The Morgan fingerprint density at radius 3 is 1.85 bits per heavy atom. The largest absolute Gasteiger partial charge is 0.493 e. The lowest BCUT2D eigenvalue weighted by atomic mass is 9.99. The average Bonchev–Trinajstić information content (AvgIpc) is 2.36. The first kappa shape index (κ1) is 16.2. The van der Waals surface area contributed by atoms with Crippen molar-refractivity contribution in [2.75, 3.05) is 14.2 Å². The van der Waals surface area contributed by atoms with Gasteiger partial charge in [-0.15, -0.1) is 0 Å². The van der Waals surface area contributed by atoms with E-state index in [2.05, 4.69) is 0 Å². The zero-order chi connectivity index (χ0) is 15.7. The summed E-state index contributed by atoms with van der Waals surface area (Å²) in [7, 11) is 2.44. The minimum absolute atomic E-state index is 0.0726. The summed E-state index contributed by atoms with van der Waals surface area (Å²) in [5.74, 6) is -7.78. The van der Waals surface area contributed by atoms with E-state index in [0.717, 1.165) is 12.1 Å². The van der Waals surface area contributed by atoms with E-state index < -0.39 is 23.4 Å². The number of benzene rings is 1. The van der Waals surface area contributed by atoms with Crippen LogP contribution in [0.15, 0.2) is 12.1 Å². The molecule has 0 unspecified atom stereocenters. The first-order valence-corrected chi connectivity index (χ1v) is 5.28. The van der Waals surface area contributed by atoms with Crippen molar-refractivity contribution in [2.45, 2.75) is 19.0 Å². The van der Waals surface area contributed by atoms with Crippen molar-refractivity contribution in [1.82, 2.24) is 0 Å². The zero-order valence-corrected chi connectivity index (χ0v) is 10.8. The molecular formula is C12H11F5O3. The third kappa shape index (κ3) is 2.68. The molecule has 0 atom stereocenters. The van der Waals surface area contributed by atoms with E-state index in [0.29, 0.717) is 0 Å². The van der Waals surface area contributed by atoms with Crippen LogP contribution >= 0.6 is 0 Å². The molecule has 0 aliphatic rings. The SMILES string of the molecule is COc1cc(C)c(C(=O)C(F)(F)C(F)(F)F)cc1OC. The number of rotatable bonds is 4.